The second-order valence-corrected chi connectivity index (χ2v) is 5.44. The van der Waals surface area contributed by atoms with Crippen LogP contribution in [0.25, 0.3) is 0 Å². The summed E-state index contributed by atoms with van der Waals surface area (Å²) in [7, 11) is 0. The van der Waals surface area contributed by atoms with Crippen molar-refractivity contribution in [3.05, 3.63) is 33.7 Å². The molecule has 0 aliphatic carbocycles. The van der Waals surface area contributed by atoms with Crippen LogP contribution < -0.4 is 5.56 Å². The Hall–Kier alpha value is -2.64. The van der Waals surface area contributed by atoms with Crippen molar-refractivity contribution in [2.45, 2.75) is 26.3 Å². The smallest absolute Gasteiger partial charge is 0.323 e. The Balaban J connectivity index is 2.21. The molecular formula is C15H19N3O5. The molecule has 0 spiro atoms. The van der Waals surface area contributed by atoms with Crippen LogP contribution in [0, 0.1) is 0 Å². The molecule has 0 aromatic carbocycles. The molecule has 1 atom stereocenters. The number of carboxylic acids is 1. The number of amides is 2. The summed E-state index contributed by atoms with van der Waals surface area (Å²) in [6.07, 6.45) is 0.581. The number of carboxylic acid groups (broad SMARTS) is 1. The lowest BCUT2D eigenvalue weighted by atomic mass is 10.1. The fraction of sp³-hybridized carbons (Fsp3) is 0.467. The molecule has 1 aromatic heterocycles. The third-order valence-electron chi connectivity index (χ3n) is 3.86. The number of carbonyl (C=O) groups excluding carboxylic acids is 2. The van der Waals surface area contributed by atoms with Crippen LogP contribution in [-0.4, -0.2) is 63.4 Å². The van der Waals surface area contributed by atoms with Gasteiger partial charge in [0.1, 0.15) is 12.6 Å². The van der Waals surface area contributed by atoms with Gasteiger partial charge in [0, 0.05) is 30.4 Å². The van der Waals surface area contributed by atoms with Crippen LogP contribution in [0.4, 0.5) is 0 Å². The summed E-state index contributed by atoms with van der Waals surface area (Å²) in [4.78, 5) is 52.4. The van der Waals surface area contributed by atoms with Gasteiger partial charge in [-0.1, -0.05) is 6.92 Å². The quantitative estimate of drug-likeness (QED) is 0.790. The number of aromatic nitrogens is 1. The van der Waals surface area contributed by atoms with E-state index in [-0.39, 0.29) is 30.8 Å². The monoisotopic (exact) mass is 321 g/mol. The van der Waals surface area contributed by atoms with E-state index in [9.17, 15) is 19.2 Å². The lowest BCUT2D eigenvalue weighted by molar-refractivity contribution is -0.148. The van der Waals surface area contributed by atoms with Crippen LogP contribution in [0.5, 0.6) is 0 Å². The molecular weight excluding hydrogens is 302 g/mol. The first-order chi connectivity index (χ1) is 10.8. The lowest BCUT2D eigenvalue weighted by Crippen LogP contribution is -2.58. The first-order valence-electron chi connectivity index (χ1n) is 7.38. The Morgan fingerprint density at radius 1 is 1.30 bits per heavy atom. The predicted molar refractivity (Wildman–Crippen MR) is 81.2 cm³/mol. The molecule has 0 radical (unpaired) electrons. The van der Waals surface area contributed by atoms with Gasteiger partial charge >= 0.3 is 5.97 Å². The second kappa shape index (κ2) is 6.64. The van der Waals surface area contributed by atoms with Crippen molar-refractivity contribution >= 4 is 17.8 Å². The molecule has 2 N–H and O–H groups in total. The zero-order chi connectivity index (χ0) is 17.1. The third-order valence-corrected chi connectivity index (χ3v) is 3.86. The highest BCUT2D eigenvalue weighted by atomic mass is 16.4. The Bertz CT molecular complexity index is 697. The highest BCUT2D eigenvalue weighted by Gasteiger charge is 2.35. The molecule has 2 amide bonds. The van der Waals surface area contributed by atoms with Crippen molar-refractivity contribution in [2.24, 2.45) is 0 Å². The average Bonchev–Trinajstić information content (AvgIpc) is 2.50. The fourth-order valence-corrected chi connectivity index (χ4v) is 2.61. The van der Waals surface area contributed by atoms with Gasteiger partial charge in [0.25, 0.3) is 5.91 Å². The van der Waals surface area contributed by atoms with Crippen LogP contribution in [0.1, 0.15) is 29.9 Å². The zero-order valence-corrected chi connectivity index (χ0v) is 13.0. The summed E-state index contributed by atoms with van der Waals surface area (Å²) in [5.41, 5.74) is 0.512. The van der Waals surface area contributed by atoms with E-state index in [1.165, 1.54) is 15.9 Å². The van der Waals surface area contributed by atoms with E-state index in [1.807, 2.05) is 6.92 Å². The molecule has 0 saturated carbocycles. The number of aromatic amines is 1. The Labute approximate surface area is 132 Å². The number of aryl methyl sites for hydroxylation is 1. The SMILES string of the molecule is CCc1cc(C(=O)N2CCN(CC(=O)O)C(=O)C2C)cc(=O)[nH]1. The minimum Gasteiger partial charge on any atom is -0.480 e. The maximum absolute atomic E-state index is 12.6. The van der Waals surface area contributed by atoms with Crippen molar-refractivity contribution in [2.75, 3.05) is 19.6 Å². The number of hydrogen-bond acceptors (Lipinski definition) is 4. The Morgan fingerprint density at radius 2 is 2.00 bits per heavy atom. The minimum atomic E-state index is -1.09. The van der Waals surface area contributed by atoms with E-state index < -0.39 is 23.8 Å². The largest absolute Gasteiger partial charge is 0.480 e. The minimum absolute atomic E-state index is 0.158. The number of pyridine rings is 1. The number of hydrogen-bond donors (Lipinski definition) is 2. The third kappa shape index (κ3) is 3.58. The summed E-state index contributed by atoms with van der Waals surface area (Å²) in [6, 6.07) is 2.05. The Morgan fingerprint density at radius 3 is 2.61 bits per heavy atom. The molecule has 1 aromatic rings. The number of piperazine rings is 1. The van der Waals surface area contributed by atoms with Crippen molar-refractivity contribution in [1.82, 2.24) is 14.8 Å². The molecule has 1 saturated heterocycles. The molecule has 0 bridgehead atoms. The molecule has 8 heteroatoms. The van der Waals surface area contributed by atoms with Gasteiger partial charge in [-0.3, -0.25) is 19.2 Å². The average molecular weight is 321 g/mol. The first kappa shape index (κ1) is 16.7. The molecule has 1 aliphatic heterocycles. The highest BCUT2D eigenvalue weighted by molar-refractivity contribution is 5.98. The van der Waals surface area contributed by atoms with Crippen LogP contribution >= 0.6 is 0 Å². The summed E-state index contributed by atoms with van der Waals surface area (Å²) >= 11 is 0. The van der Waals surface area contributed by atoms with Crippen molar-refractivity contribution in [1.29, 1.82) is 0 Å². The van der Waals surface area contributed by atoms with E-state index >= 15 is 0 Å². The van der Waals surface area contributed by atoms with Gasteiger partial charge in [0.2, 0.25) is 11.5 Å². The van der Waals surface area contributed by atoms with E-state index in [0.29, 0.717) is 12.1 Å². The molecule has 1 fully saturated rings. The molecule has 1 aliphatic rings. The lowest BCUT2D eigenvalue weighted by Gasteiger charge is -2.38. The van der Waals surface area contributed by atoms with Crippen molar-refractivity contribution < 1.29 is 19.5 Å². The van der Waals surface area contributed by atoms with Crippen molar-refractivity contribution in [3.8, 4) is 0 Å². The normalized spacial score (nSPS) is 18.2. The van der Waals surface area contributed by atoms with Gasteiger partial charge < -0.3 is 19.9 Å². The Kier molecular flexibility index (Phi) is 4.83. The van der Waals surface area contributed by atoms with Gasteiger partial charge in [0.05, 0.1) is 0 Å². The molecule has 2 heterocycles. The maximum atomic E-state index is 12.6. The van der Waals surface area contributed by atoms with Gasteiger partial charge in [0.15, 0.2) is 0 Å². The number of H-pyrrole nitrogens is 1. The van der Waals surface area contributed by atoms with Crippen LogP contribution in [0.3, 0.4) is 0 Å². The van der Waals surface area contributed by atoms with E-state index in [4.69, 9.17) is 5.11 Å². The fourth-order valence-electron chi connectivity index (χ4n) is 2.61. The summed E-state index contributed by atoms with van der Waals surface area (Å²) in [5, 5.41) is 8.80. The van der Waals surface area contributed by atoms with E-state index in [1.54, 1.807) is 13.0 Å². The summed E-state index contributed by atoms with van der Waals surface area (Å²) in [5.74, 6) is -1.90. The van der Waals surface area contributed by atoms with E-state index in [2.05, 4.69) is 4.98 Å². The summed E-state index contributed by atoms with van der Waals surface area (Å²) in [6.45, 7) is 3.42. The molecule has 124 valence electrons. The number of nitrogens with one attached hydrogen (secondary N) is 1. The van der Waals surface area contributed by atoms with E-state index in [0.717, 1.165) is 0 Å². The molecule has 23 heavy (non-hydrogen) atoms. The molecule has 1 unspecified atom stereocenters. The van der Waals surface area contributed by atoms with Crippen LogP contribution in [0.2, 0.25) is 0 Å². The highest BCUT2D eigenvalue weighted by Crippen LogP contribution is 2.15. The first-order valence-corrected chi connectivity index (χ1v) is 7.38. The zero-order valence-electron chi connectivity index (χ0n) is 13.0. The maximum Gasteiger partial charge on any atom is 0.323 e. The van der Waals surface area contributed by atoms with Crippen molar-refractivity contribution in [3.63, 3.8) is 0 Å². The number of rotatable bonds is 4. The number of aliphatic carboxylic acids is 1. The van der Waals surface area contributed by atoms with Gasteiger partial charge in [-0.25, -0.2) is 0 Å². The van der Waals surface area contributed by atoms with Crippen LogP contribution in [-0.2, 0) is 16.0 Å². The van der Waals surface area contributed by atoms with Crippen LogP contribution in [0.15, 0.2) is 16.9 Å². The standard InChI is InChI=1S/C15H19N3O5/c1-3-11-6-10(7-12(19)16-11)15(23)18-5-4-17(8-13(20)21)14(22)9(18)2/h6-7,9H,3-5,8H2,1-2H3,(H,16,19)(H,20,21). The second-order valence-electron chi connectivity index (χ2n) is 5.44. The number of carbonyl (C=O) groups is 3. The van der Waals surface area contributed by atoms with Gasteiger partial charge in [-0.15, -0.1) is 0 Å². The number of nitrogens with zero attached hydrogens (tertiary/aromatic N) is 2. The summed E-state index contributed by atoms with van der Waals surface area (Å²) < 4.78 is 0. The molecule has 8 nitrogen and oxygen atoms in total. The topological polar surface area (TPSA) is 111 Å². The molecule has 2 rings (SSSR count). The van der Waals surface area contributed by atoms with Gasteiger partial charge in [-0.2, -0.15) is 0 Å². The van der Waals surface area contributed by atoms with Gasteiger partial charge in [-0.05, 0) is 19.4 Å². The predicted octanol–water partition coefficient (Wildman–Crippen LogP) is -0.305.